The highest BCUT2D eigenvalue weighted by Gasteiger charge is 2.20. The molecule has 1 aromatic rings. The lowest BCUT2D eigenvalue weighted by molar-refractivity contribution is -0.125. The number of sulfonamides is 1. The van der Waals surface area contributed by atoms with E-state index in [1.165, 1.54) is 13.0 Å². The SMILES string of the molecule is Cc1cc(C(=O)OC(C)C(N)=O)cc(S(N)(=O)=O)c1C. The zero-order valence-corrected chi connectivity index (χ0v) is 12.2. The Hall–Kier alpha value is -1.93. The predicted octanol–water partition coefficient (Wildman–Crippen LogP) is -0.0186. The summed E-state index contributed by atoms with van der Waals surface area (Å²) in [7, 11) is -3.96. The summed E-state index contributed by atoms with van der Waals surface area (Å²) in [5.74, 6) is -1.64. The summed E-state index contributed by atoms with van der Waals surface area (Å²) in [5, 5.41) is 5.09. The Bertz CT molecular complexity index is 667. The van der Waals surface area contributed by atoms with Crippen LogP contribution in [0.4, 0.5) is 0 Å². The van der Waals surface area contributed by atoms with Gasteiger partial charge in [-0.1, -0.05) is 0 Å². The summed E-state index contributed by atoms with van der Waals surface area (Å²) in [6.45, 7) is 4.54. The van der Waals surface area contributed by atoms with Gasteiger partial charge in [0.1, 0.15) is 0 Å². The van der Waals surface area contributed by atoms with Crippen molar-refractivity contribution in [1.82, 2.24) is 0 Å². The average Bonchev–Trinajstić information content (AvgIpc) is 2.30. The molecule has 0 aliphatic rings. The number of aryl methyl sites for hydroxylation is 1. The van der Waals surface area contributed by atoms with E-state index < -0.39 is 28.0 Å². The molecular formula is C12H16N2O5S. The van der Waals surface area contributed by atoms with E-state index in [9.17, 15) is 18.0 Å². The highest BCUT2D eigenvalue weighted by atomic mass is 32.2. The fourth-order valence-electron chi connectivity index (χ4n) is 1.53. The molecular weight excluding hydrogens is 284 g/mol. The zero-order chi connectivity index (χ0) is 15.7. The van der Waals surface area contributed by atoms with Crippen LogP contribution in [0.1, 0.15) is 28.4 Å². The van der Waals surface area contributed by atoms with E-state index >= 15 is 0 Å². The number of carbonyl (C=O) groups is 2. The molecule has 1 amide bonds. The first-order chi connectivity index (χ1) is 9.04. The van der Waals surface area contributed by atoms with E-state index in [0.29, 0.717) is 11.1 Å². The second kappa shape index (κ2) is 5.59. The molecule has 0 bridgehead atoms. The summed E-state index contributed by atoms with van der Waals surface area (Å²) < 4.78 is 27.7. The first kappa shape index (κ1) is 16.1. The van der Waals surface area contributed by atoms with E-state index in [1.54, 1.807) is 13.8 Å². The fourth-order valence-corrected chi connectivity index (χ4v) is 2.41. The lowest BCUT2D eigenvalue weighted by Crippen LogP contribution is -2.30. The zero-order valence-electron chi connectivity index (χ0n) is 11.3. The minimum Gasteiger partial charge on any atom is -0.449 e. The molecule has 0 radical (unpaired) electrons. The molecule has 0 heterocycles. The van der Waals surface area contributed by atoms with Crippen LogP contribution < -0.4 is 10.9 Å². The molecule has 8 heteroatoms. The number of hydrogen-bond acceptors (Lipinski definition) is 5. The number of ether oxygens (including phenoxy) is 1. The van der Waals surface area contributed by atoms with Crippen LogP contribution in [0.2, 0.25) is 0 Å². The molecule has 1 aromatic carbocycles. The van der Waals surface area contributed by atoms with E-state index in [-0.39, 0.29) is 10.5 Å². The molecule has 0 aliphatic carbocycles. The third-order valence-electron chi connectivity index (χ3n) is 2.85. The average molecular weight is 300 g/mol. The summed E-state index contributed by atoms with van der Waals surface area (Å²) in [6.07, 6.45) is -1.11. The maximum atomic E-state index is 11.8. The quantitative estimate of drug-likeness (QED) is 0.755. The number of nitrogens with two attached hydrogens (primary N) is 2. The van der Waals surface area contributed by atoms with Crippen molar-refractivity contribution < 1.29 is 22.7 Å². The minimum absolute atomic E-state index is 0.00905. The van der Waals surface area contributed by atoms with Crippen LogP contribution in [0.3, 0.4) is 0 Å². The van der Waals surface area contributed by atoms with Crippen LogP contribution in [0, 0.1) is 13.8 Å². The van der Waals surface area contributed by atoms with Gasteiger partial charge in [0, 0.05) is 0 Å². The van der Waals surface area contributed by atoms with Crippen LogP contribution in [-0.2, 0) is 19.6 Å². The normalized spacial score (nSPS) is 12.8. The smallest absolute Gasteiger partial charge is 0.338 e. The molecule has 1 atom stereocenters. The Labute approximate surface area is 116 Å². The number of primary sulfonamides is 1. The summed E-state index contributed by atoms with van der Waals surface area (Å²) >= 11 is 0. The van der Waals surface area contributed by atoms with Gasteiger partial charge >= 0.3 is 5.97 Å². The summed E-state index contributed by atoms with van der Waals surface area (Å²) in [4.78, 5) is 22.5. The lowest BCUT2D eigenvalue weighted by atomic mass is 10.1. The highest BCUT2D eigenvalue weighted by Crippen LogP contribution is 2.20. The Morgan fingerprint density at radius 3 is 2.25 bits per heavy atom. The molecule has 0 aromatic heterocycles. The second-order valence-electron chi connectivity index (χ2n) is 4.41. The van der Waals surface area contributed by atoms with Crippen molar-refractivity contribution in [2.24, 2.45) is 10.9 Å². The maximum absolute atomic E-state index is 11.8. The maximum Gasteiger partial charge on any atom is 0.338 e. The molecule has 110 valence electrons. The van der Waals surface area contributed by atoms with Gasteiger partial charge in [0.15, 0.2) is 6.10 Å². The minimum atomic E-state index is -3.96. The van der Waals surface area contributed by atoms with Gasteiger partial charge < -0.3 is 10.5 Å². The molecule has 1 rings (SSSR count). The van der Waals surface area contributed by atoms with Gasteiger partial charge in [-0.05, 0) is 44.0 Å². The molecule has 0 saturated heterocycles. The number of carbonyl (C=O) groups excluding carboxylic acids is 2. The van der Waals surface area contributed by atoms with Gasteiger partial charge in [0.2, 0.25) is 10.0 Å². The number of hydrogen-bond donors (Lipinski definition) is 2. The van der Waals surface area contributed by atoms with E-state index in [0.717, 1.165) is 6.07 Å². The molecule has 1 unspecified atom stereocenters. The van der Waals surface area contributed by atoms with Gasteiger partial charge in [0.25, 0.3) is 5.91 Å². The first-order valence-electron chi connectivity index (χ1n) is 5.68. The molecule has 0 fully saturated rings. The predicted molar refractivity (Wildman–Crippen MR) is 71.4 cm³/mol. The van der Waals surface area contributed by atoms with Gasteiger partial charge in [0.05, 0.1) is 10.5 Å². The van der Waals surface area contributed by atoms with Gasteiger partial charge in [-0.3, -0.25) is 4.79 Å². The molecule has 20 heavy (non-hydrogen) atoms. The molecule has 0 saturated carbocycles. The Kier molecular flexibility index (Phi) is 4.51. The molecule has 0 spiro atoms. The number of primary amides is 1. The molecule has 4 N–H and O–H groups in total. The van der Waals surface area contributed by atoms with Crippen LogP contribution in [-0.4, -0.2) is 26.4 Å². The number of benzene rings is 1. The van der Waals surface area contributed by atoms with Crippen LogP contribution in [0.15, 0.2) is 17.0 Å². The summed E-state index contributed by atoms with van der Waals surface area (Å²) in [5.41, 5.74) is 5.99. The third-order valence-corrected chi connectivity index (χ3v) is 3.88. The molecule has 0 aliphatic heterocycles. The van der Waals surface area contributed by atoms with Crippen molar-refractivity contribution in [1.29, 1.82) is 0 Å². The van der Waals surface area contributed by atoms with Gasteiger partial charge in [-0.2, -0.15) is 0 Å². The first-order valence-corrected chi connectivity index (χ1v) is 7.23. The Morgan fingerprint density at radius 2 is 1.80 bits per heavy atom. The Balaban J connectivity index is 3.25. The third kappa shape index (κ3) is 3.55. The van der Waals surface area contributed by atoms with E-state index in [4.69, 9.17) is 15.6 Å². The van der Waals surface area contributed by atoms with Crippen LogP contribution in [0.5, 0.6) is 0 Å². The van der Waals surface area contributed by atoms with Crippen LogP contribution in [0.25, 0.3) is 0 Å². The number of rotatable bonds is 4. The van der Waals surface area contributed by atoms with Crippen molar-refractivity contribution in [3.63, 3.8) is 0 Å². The largest absolute Gasteiger partial charge is 0.449 e. The van der Waals surface area contributed by atoms with Gasteiger partial charge in [-0.15, -0.1) is 0 Å². The number of amides is 1. The lowest BCUT2D eigenvalue weighted by Gasteiger charge is -2.12. The highest BCUT2D eigenvalue weighted by molar-refractivity contribution is 7.89. The fraction of sp³-hybridized carbons (Fsp3) is 0.333. The standard InChI is InChI=1S/C12H16N2O5S/c1-6-4-9(12(16)19-8(3)11(13)15)5-10(7(6)2)20(14,17)18/h4-5,8H,1-3H3,(H2,13,15)(H2,14,17,18). The van der Waals surface area contributed by atoms with Crippen molar-refractivity contribution in [3.05, 3.63) is 28.8 Å². The molecule has 7 nitrogen and oxygen atoms in total. The van der Waals surface area contributed by atoms with Crippen molar-refractivity contribution in [2.75, 3.05) is 0 Å². The monoisotopic (exact) mass is 300 g/mol. The van der Waals surface area contributed by atoms with E-state index in [1.807, 2.05) is 0 Å². The topological polar surface area (TPSA) is 130 Å². The van der Waals surface area contributed by atoms with Crippen molar-refractivity contribution in [2.45, 2.75) is 31.8 Å². The number of esters is 1. The Morgan fingerprint density at radius 1 is 1.25 bits per heavy atom. The second-order valence-corrected chi connectivity index (χ2v) is 5.94. The summed E-state index contributed by atoms with van der Waals surface area (Å²) in [6, 6.07) is 2.58. The van der Waals surface area contributed by atoms with Crippen molar-refractivity contribution >= 4 is 21.9 Å². The van der Waals surface area contributed by atoms with Crippen molar-refractivity contribution in [3.8, 4) is 0 Å². The van der Waals surface area contributed by atoms with Gasteiger partial charge in [-0.25, -0.2) is 18.4 Å². The van der Waals surface area contributed by atoms with Crippen LogP contribution >= 0.6 is 0 Å². The van der Waals surface area contributed by atoms with E-state index in [2.05, 4.69) is 0 Å².